The molecule has 2 heterocycles. The first kappa shape index (κ1) is 22.5. The zero-order valence-electron chi connectivity index (χ0n) is 19.9. The van der Waals surface area contributed by atoms with Gasteiger partial charge in [-0.3, -0.25) is 9.69 Å². The van der Waals surface area contributed by atoms with Crippen LogP contribution in [0.4, 0.5) is 4.79 Å². The lowest BCUT2D eigenvalue weighted by molar-refractivity contribution is -0.136. The van der Waals surface area contributed by atoms with Gasteiger partial charge in [-0.25, -0.2) is 4.79 Å². The molecule has 1 N–H and O–H groups in total. The largest absolute Gasteiger partial charge is 0.382 e. The van der Waals surface area contributed by atoms with Crippen molar-refractivity contribution in [3.05, 3.63) is 58.9 Å². The SMILES string of the molecule is COC(C)CCC1(C)Cc2ccc(C#CC3CC3)cc2C12NC(=O)N(Cc1cccnn1)C2=O. The number of rotatable bonds is 6. The van der Waals surface area contributed by atoms with Gasteiger partial charge in [0.1, 0.15) is 0 Å². The van der Waals surface area contributed by atoms with Crippen LogP contribution in [0.3, 0.4) is 0 Å². The summed E-state index contributed by atoms with van der Waals surface area (Å²) < 4.78 is 5.49. The van der Waals surface area contributed by atoms with Crippen molar-refractivity contribution in [2.24, 2.45) is 11.3 Å². The highest BCUT2D eigenvalue weighted by atomic mass is 16.5. The number of ether oxygens (including phenoxy) is 1. The van der Waals surface area contributed by atoms with Gasteiger partial charge in [0, 0.05) is 30.2 Å². The molecule has 1 spiro atoms. The Morgan fingerprint density at radius 1 is 1.29 bits per heavy atom. The van der Waals surface area contributed by atoms with E-state index in [-0.39, 0.29) is 18.6 Å². The fourth-order valence-electron chi connectivity index (χ4n) is 5.26. The molecule has 1 aromatic carbocycles. The normalized spacial score (nSPS) is 26.3. The first-order valence-corrected chi connectivity index (χ1v) is 11.9. The Kier molecular flexibility index (Phi) is 5.65. The third-order valence-electron chi connectivity index (χ3n) is 7.56. The molecule has 1 aromatic heterocycles. The van der Waals surface area contributed by atoms with E-state index >= 15 is 0 Å². The number of fused-ring (bicyclic) bond motifs is 2. The number of urea groups is 1. The number of carbonyl (C=O) groups excluding carboxylic acids is 2. The molecule has 2 aliphatic carbocycles. The monoisotopic (exact) mass is 458 g/mol. The van der Waals surface area contributed by atoms with Gasteiger partial charge in [0.15, 0.2) is 5.54 Å². The first-order valence-electron chi connectivity index (χ1n) is 11.9. The maximum atomic E-state index is 14.2. The van der Waals surface area contributed by atoms with E-state index in [1.165, 1.54) is 4.90 Å². The van der Waals surface area contributed by atoms with Crippen LogP contribution >= 0.6 is 0 Å². The van der Waals surface area contributed by atoms with Crippen LogP contribution in [0.5, 0.6) is 0 Å². The molecule has 1 saturated heterocycles. The van der Waals surface area contributed by atoms with Crippen molar-refractivity contribution in [1.29, 1.82) is 0 Å². The molecule has 3 unspecified atom stereocenters. The van der Waals surface area contributed by atoms with E-state index < -0.39 is 17.0 Å². The van der Waals surface area contributed by atoms with E-state index in [4.69, 9.17) is 4.74 Å². The summed E-state index contributed by atoms with van der Waals surface area (Å²) in [7, 11) is 1.70. The van der Waals surface area contributed by atoms with Gasteiger partial charge >= 0.3 is 6.03 Å². The molecule has 3 aliphatic rings. The number of hydrogen-bond donors (Lipinski definition) is 1. The van der Waals surface area contributed by atoms with Crippen molar-refractivity contribution in [3.63, 3.8) is 0 Å². The van der Waals surface area contributed by atoms with E-state index in [2.05, 4.69) is 40.3 Å². The number of carbonyl (C=O) groups is 2. The highest BCUT2D eigenvalue weighted by Gasteiger charge is 2.65. The van der Waals surface area contributed by atoms with E-state index in [9.17, 15) is 9.59 Å². The zero-order valence-corrected chi connectivity index (χ0v) is 19.9. The highest BCUT2D eigenvalue weighted by Crippen LogP contribution is 2.56. The fraction of sp³-hybridized carbons (Fsp3) is 0.481. The average Bonchev–Trinajstić information content (AvgIpc) is 3.60. The van der Waals surface area contributed by atoms with Gasteiger partial charge in [0.25, 0.3) is 5.91 Å². The molecule has 5 rings (SSSR count). The van der Waals surface area contributed by atoms with E-state index in [1.54, 1.807) is 25.4 Å². The van der Waals surface area contributed by atoms with E-state index in [1.807, 2.05) is 19.1 Å². The Balaban J connectivity index is 1.56. The Morgan fingerprint density at radius 3 is 2.82 bits per heavy atom. The quantitative estimate of drug-likeness (QED) is 0.529. The van der Waals surface area contributed by atoms with Crippen molar-refractivity contribution in [3.8, 4) is 11.8 Å². The molecule has 2 fully saturated rings. The number of nitrogens with one attached hydrogen (secondary N) is 1. The lowest BCUT2D eigenvalue weighted by Gasteiger charge is -2.40. The molecule has 1 aliphatic heterocycles. The number of benzene rings is 1. The first-order chi connectivity index (χ1) is 16.4. The van der Waals surface area contributed by atoms with Crippen molar-refractivity contribution in [2.75, 3.05) is 7.11 Å². The Morgan fingerprint density at radius 2 is 2.12 bits per heavy atom. The second-order valence-corrected chi connectivity index (χ2v) is 10.0. The van der Waals surface area contributed by atoms with Crippen LogP contribution in [-0.4, -0.2) is 40.2 Å². The van der Waals surface area contributed by atoms with Crippen LogP contribution in [0, 0.1) is 23.2 Å². The van der Waals surface area contributed by atoms with Crippen LogP contribution in [0.2, 0.25) is 0 Å². The number of aromatic nitrogens is 2. The Hall–Kier alpha value is -3.24. The van der Waals surface area contributed by atoms with Gasteiger partial charge in [-0.05, 0) is 74.4 Å². The van der Waals surface area contributed by atoms with Crippen molar-refractivity contribution in [2.45, 2.75) is 64.1 Å². The minimum Gasteiger partial charge on any atom is -0.382 e. The summed E-state index contributed by atoms with van der Waals surface area (Å²) in [5.41, 5.74) is 1.75. The van der Waals surface area contributed by atoms with Crippen molar-refractivity contribution >= 4 is 11.9 Å². The molecule has 0 bridgehead atoms. The summed E-state index contributed by atoms with van der Waals surface area (Å²) >= 11 is 0. The fourth-order valence-corrected chi connectivity index (χ4v) is 5.26. The molecule has 2 aromatic rings. The second kappa shape index (κ2) is 8.52. The Labute approximate surface area is 200 Å². The van der Waals surface area contributed by atoms with Gasteiger partial charge in [0.05, 0.1) is 18.3 Å². The summed E-state index contributed by atoms with van der Waals surface area (Å²) in [6.07, 6.45) is 6.14. The molecule has 176 valence electrons. The molecular weight excluding hydrogens is 428 g/mol. The van der Waals surface area contributed by atoms with Crippen LogP contribution in [-0.2, 0) is 28.0 Å². The van der Waals surface area contributed by atoms with Crippen molar-refractivity contribution in [1.82, 2.24) is 20.4 Å². The van der Waals surface area contributed by atoms with Gasteiger partial charge in [-0.15, -0.1) is 0 Å². The predicted molar refractivity (Wildman–Crippen MR) is 126 cm³/mol. The molecule has 0 radical (unpaired) electrons. The van der Waals surface area contributed by atoms with Gasteiger partial charge in [-0.1, -0.05) is 24.8 Å². The number of amides is 3. The summed E-state index contributed by atoms with van der Waals surface area (Å²) in [5.74, 6) is 6.84. The van der Waals surface area contributed by atoms with E-state index in [0.717, 1.165) is 42.4 Å². The summed E-state index contributed by atoms with van der Waals surface area (Å²) in [6.45, 7) is 4.22. The highest BCUT2D eigenvalue weighted by molar-refractivity contribution is 6.08. The summed E-state index contributed by atoms with van der Waals surface area (Å²) in [5, 5.41) is 11.1. The lowest BCUT2D eigenvalue weighted by atomic mass is 9.68. The number of hydrogen-bond acceptors (Lipinski definition) is 5. The van der Waals surface area contributed by atoms with Crippen molar-refractivity contribution < 1.29 is 14.3 Å². The predicted octanol–water partition coefficient (Wildman–Crippen LogP) is 3.56. The molecule has 3 atom stereocenters. The molecule has 3 amide bonds. The maximum Gasteiger partial charge on any atom is 0.325 e. The number of methoxy groups -OCH3 is 1. The minimum absolute atomic E-state index is 0.0560. The average molecular weight is 459 g/mol. The smallest absolute Gasteiger partial charge is 0.325 e. The third kappa shape index (κ3) is 3.76. The topological polar surface area (TPSA) is 84.4 Å². The van der Waals surface area contributed by atoms with Gasteiger partial charge in [0.2, 0.25) is 0 Å². The third-order valence-corrected chi connectivity index (χ3v) is 7.56. The number of imide groups is 1. The van der Waals surface area contributed by atoms with Crippen LogP contribution in [0.1, 0.15) is 61.9 Å². The molecule has 7 heteroatoms. The zero-order chi connectivity index (χ0) is 23.9. The summed E-state index contributed by atoms with van der Waals surface area (Å²) in [4.78, 5) is 28.7. The maximum absolute atomic E-state index is 14.2. The molecule has 34 heavy (non-hydrogen) atoms. The second-order valence-electron chi connectivity index (χ2n) is 10.0. The van der Waals surface area contributed by atoms with Gasteiger partial charge in [-0.2, -0.15) is 10.2 Å². The molecular formula is C27H30N4O3. The number of nitrogens with zero attached hydrogens (tertiary/aromatic N) is 3. The van der Waals surface area contributed by atoms with Crippen LogP contribution < -0.4 is 5.32 Å². The Bertz CT molecular complexity index is 1180. The summed E-state index contributed by atoms with van der Waals surface area (Å²) in [6, 6.07) is 9.24. The lowest BCUT2D eigenvalue weighted by Crippen LogP contribution is -2.54. The minimum atomic E-state index is -1.15. The van der Waals surface area contributed by atoms with E-state index in [0.29, 0.717) is 18.0 Å². The standard InChI is InChI=1S/C27H30N4O3/c1-18(34-3)12-13-26(2)16-21-11-10-20(9-8-19-6-7-19)15-23(21)27(26)24(32)31(25(33)29-27)17-22-5-4-14-28-30-22/h4-5,10-11,14-15,18-19H,6-7,12-13,16-17H2,1-3H3,(H,29,33). The van der Waals surface area contributed by atoms with Gasteiger partial charge < -0.3 is 10.1 Å². The molecule has 7 nitrogen and oxygen atoms in total. The van der Waals surface area contributed by atoms with Crippen LogP contribution in [0.25, 0.3) is 0 Å². The van der Waals surface area contributed by atoms with Crippen LogP contribution in [0.15, 0.2) is 36.5 Å². The molecule has 1 saturated carbocycles.